The molecule has 0 radical (unpaired) electrons. The van der Waals surface area contributed by atoms with Crippen molar-refractivity contribution >= 4 is 17.0 Å². The lowest BCUT2D eigenvalue weighted by atomic mass is 10.1. The summed E-state index contributed by atoms with van der Waals surface area (Å²) in [5, 5.41) is 0. The largest absolute Gasteiger partial charge is 0.451 e. The molecule has 0 aromatic heterocycles. The van der Waals surface area contributed by atoms with Gasteiger partial charge in [-0.05, 0) is 41.5 Å². The van der Waals surface area contributed by atoms with E-state index < -0.39 is 72.0 Å². The molecule has 5 aliphatic rings. The number of fused-ring (bicyclic) bond motifs is 2. The van der Waals surface area contributed by atoms with Crippen molar-refractivity contribution in [2.24, 2.45) is 0 Å². The van der Waals surface area contributed by atoms with Gasteiger partial charge in [-0.1, -0.05) is 0 Å². The lowest BCUT2D eigenvalue weighted by Crippen LogP contribution is -2.44. The van der Waals surface area contributed by atoms with Gasteiger partial charge in [0.15, 0.2) is 29.9 Å². The summed E-state index contributed by atoms with van der Waals surface area (Å²) in [7, 11) is 0. The summed E-state index contributed by atoms with van der Waals surface area (Å²) in [5.74, 6) is -2.41. The van der Waals surface area contributed by atoms with Crippen LogP contribution in [0.5, 0.6) is 0 Å². The minimum Gasteiger partial charge on any atom is -0.451 e. The van der Waals surface area contributed by atoms with E-state index in [0.29, 0.717) is 6.61 Å². The predicted molar refractivity (Wildman–Crippen MR) is 108 cm³/mol. The fraction of sp³-hybridized carbons (Fsp3) is 0.952. The Hall–Kier alpha value is -0.600. The smallest absolute Gasteiger partial charge is 0.403 e. The Balaban J connectivity index is 1.35. The summed E-state index contributed by atoms with van der Waals surface area (Å²) in [6.07, 6.45) is -5.22. The van der Waals surface area contributed by atoms with E-state index in [-0.39, 0.29) is 12.7 Å². The van der Waals surface area contributed by atoms with Gasteiger partial charge in [0.1, 0.15) is 49.3 Å². The van der Waals surface area contributed by atoms with Crippen LogP contribution >= 0.6 is 11.6 Å². The van der Waals surface area contributed by atoms with Crippen molar-refractivity contribution in [1.29, 1.82) is 0 Å². The number of hydrogen-bond donors (Lipinski definition) is 0. The average molecular weight is 495 g/mol. The van der Waals surface area contributed by atoms with Crippen LogP contribution in [0.3, 0.4) is 0 Å². The number of rotatable bonds is 5. The second kappa shape index (κ2) is 8.22. The molecular weight excluding hydrogens is 464 g/mol. The number of ether oxygens (including phenoxy) is 10. The van der Waals surface area contributed by atoms with E-state index in [2.05, 4.69) is 0 Å². The van der Waals surface area contributed by atoms with Crippen LogP contribution in [-0.2, 0) is 47.4 Å². The van der Waals surface area contributed by atoms with Gasteiger partial charge in [0, 0.05) is 11.6 Å². The van der Waals surface area contributed by atoms with Gasteiger partial charge in [0.25, 0.3) is 0 Å². The third-order valence-corrected chi connectivity index (χ3v) is 6.29. The summed E-state index contributed by atoms with van der Waals surface area (Å²) in [6.45, 7) is 11.2. The number of carbonyl (C=O) groups excluding carboxylic acids is 1. The fourth-order valence-corrected chi connectivity index (χ4v) is 5.09. The summed E-state index contributed by atoms with van der Waals surface area (Å²) >= 11 is 5.35. The van der Waals surface area contributed by atoms with Crippen LogP contribution in [0, 0.1) is 0 Å². The van der Waals surface area contributed by atoms with Gasteiger partial charge < -0.3 is 47.4 Å². The van der Waals surface area contributed by atoms with Crippen molar-refractivity contribution in [2.45, 2.75) is 114 Å². The molecule has 0 aromatic rings. The van der Waals surface area contributed by atoms with Crippen LogP contribution in [0.4, 0.5) is 4.79 Å². The first-order valence-electron chi connectivity index (χ1n) is 11.1. The van der Waals surface area contributed by atoms with E-state index in [1.165, 1.54) is 0 Å². The third-order valence-electron chi connectivity index (χ3n) is 6.18. The zero-order valence-corrected chi connectivity index (χ0v) is 20.2. The number of halogens is 1. The van der Waals surface area contributed by atoms with Gasteiger partial charge in [-0.2, -0.15) is 0 Å². The minimum absolute atomic E-state index is 0.131. The van der Waals surface area contributed by atoms with Crippen molar-refractivity contribution in [3.05, 3.63) is 0 Å². The molecule has 188 valence electrons. The Morgan fingerprint density at radius 3 is 2.18 bits per heavy atom. The molecule has 12 heteroatoms. The van der Waals surface area contributed by atoms with Crippen molar-refractivity contribution in [1.82, 2.24) is 0 Å². The Morgan fingerprint density at radius 2 is 1.52 bits per heavy atom. The summed E-state index contributed by atoms with van der Waals surface area (Å²) in [4.78, 5) is 11.2. The lowest BCUT2D eigenvalue weighted by Gasteiger charge is -2.30. The maximum absolute atomic E-state index is 11.2. The van der Waals surface area contributed by atoms with Crippen LogP contribution in [0.25, 0.3) is 0 Å². The topological polar surface area (TPSA) is 109 Å². The molecule has 0 aliphatic carbocycles. The highest BCUT2D eigenvalue weighted by molar-refractivity contribution is 6.61. The van der Waals surface area contributed by atoms with E-state index in [4.69, 9.17) is 59.0 Å². The Kier molecular flexibility index (Phi) is 6.01. The SMILES string of the molecule is CC1(C)OCC([C@H]2OC(O[C@@H]3[C@H]4OC(C)(C)O[C@H]4O[C@@H]3COC(=O)Cl)[C@H]3OC(C)(C)O[C@@H]23)O1. The molecule has 0 amide bonds. The molecule has 33 heavy (non-hydrogen) atoms. The molecule has 5 fully saturated rings. The summed E-state index contributed by atoms with van der Waals surface area (Å²) in [6, 6.07) is 0. The molecule has 0 saturated carbocycles. The maximum Gasteiger partial charge on any atom is 0.403 e. The second-order valence-corrected chi connectivity index (χ2v) is 10.5. The van der Waals surface area contributed by atoms with Crippen LogP contribution in [-0.4, -0.2) is 91.3 Å². The normalized spacial score (nSPS) is 46.9. The van der Waals surface area contributed by atoms with Crippen LogP contribution in [0.15, 0.2) is 0 Å². The molecule has 0 spiro atoms. The molecule has 5 aliphatic heterocycles. The molecule has 11 nitrogen and oxygen atoms in total. The predicted octanol–water partition coefficient (Wildman–Crippen LogP) is 2.02. The molecule has 5 saturated heterocycles. The van der Waals surface area contributed by atoms with Gasteiger partial charge in [0.2, 0.25) is 0 Å². The van der Waals surface area contributed by atoms with E-state index in [1.54, 1.807) is 13.8 Å². The van der Waals surface area contributed by atoms with E-state index >= 15 is 0 Å². The average Bonchev–Trinajstić information content (AvgIpc) is 3.42. The maximum atomic E-state index is 11.2. The van der Waals surface area contributed by atoms with Gasteiger partial charge >= 0.3 is 5.43 Å². The van der Waals surface area contributed by atoms with Gasteiger partial charge in [-0.25, -0.2) is 4.79 Å². The van der Waals surface area contributed by atoms with Crippen LogP contribution < -0.4 is 0 Å². The first-order valence-corrected chi connectivity index (χ1v) is 11.5. The van der Waals surface area contributed by atoms with Crippen LogP contribution in [0.1, 0.15) is 41.5 Å². The Bertz CT molecular complexity index is 773. The zero-order valence-electron chi connectivity index (χ0n) is 19.5. The summed E-state index contributed by atoms with van der Waals surface area (Å²) in [5.41, 5.74) is -0.941. The minimum atomic E-state index is -0.941. The Labute approximate surface area is 197 Å². The highest BCUT2D eigenvalue weighted by Gasteiger charge is 2.62. The molecule has 0 N–H and O–H groups in total. The highest BCUT2D eigenvalue weighted by Crippen LogP contribution is 2.45. The van der Waals surface area contributed by atoms with Crippen molar-refractivity contribution in [2.75, 3.05) is 13.2 Å². The molecule has 9 atom stereocenters. The van der Waals surface area contributed by atoms with Crippen molar-refractivity contribution < 1.29 is 52.2 Å². The van der Waals surface area contributed by atoms with E-state index in [1.807, 2.05) is 27.7 Å². The van der Waals surface area contributed by atoms with Gasteiger partial charge in [-0.15, -0.1) is 0 Å². The lowest BCUT2D eigenvalue weighted by molar-refractivity contribution is -0.275. The molecule has 2 unspecified atom stereocenters. The summed E-state index contributed by atoms with van der Waals surface area (Å²) < 4.78 is 59.4. The Morgan fingerprint density at radius 1 is 0.848 bits per heavy atom. The quantitative estimate of drug-likeness (QED) is 0.523. The third kappa shape index (κ3) is 4.77. The monoisotopic (exact) mass is 494 g/mol. The highest BCUT2D eigenvalue weighted by atomic mass is 35.5. The van der Waals surface area contributed by atoms with E-state index in [9.17, 15) is 4.79 Å². The molecule has 0 bridgehead atoms. The molecule has 0 aromatic carbocycles. The zero-order chi connectivity index (χ0) is 23.8. The number of carbonyl (C=O) groups is 1. The second-order valence-electron chi connectivity index (χ2n) is 10.2. The first kappa shape index (κ1) is 24.1. The van der Waals surface area contributed by atoms with Gasteiger partial charge in [-0.3, -0.25) is 0 Å². The molecule has 5 heterocycles. The van der Waals surface area contributed by atoms with Gasteiger partial charge in [0.05, 0.1) is 6.61 Å². The van der Waals surface area contributed by atoms with Crippen molar-refractivity contribution in [3.8, 4) is 0 Å². The standard InChI is InChI=1S/C21H31ClO11/c1-19(2)25-8-10(29-19)12-13-15(32-20(3,4)30-13)16(28-12)27-11-9(7-24-18(22)23)26-17-14(11)31-21(5,6)33-17/h9-17H,7-8H2,1-6H3/t9-,10?,11+,12-,13+,14-,15+,16?,17-/m1/s1. The first-order chi connectivity index (χ1) is 15.3. The van der Waals surface area contributed by atoms with Crippen LogP contribution in [0.2, 0.25) is 0 Å². The number of hydrogen-bond acceptors (Lipinski definition) is 11. The molecule has 5 rings (SSSR count). The fourth-order valence-electron chi connectivity index (χ4n) is 5.03. The van der Waals surface area contributed by atoms with E-state index in [0.717, 1.165) is 0 Å². The van der Waals surface area contributed by atoms with Crippen molar-refractivity contribution in [3.63, 3.8) is 0 Å². The molecular formula is C21H31ClO11.